The van der Waals surface area contributed by atoms with Crippen LogP contribution in [0.5, 0.6) is 0 Å². The van der Waals surface area contributed by atoms with E-state index in [0.717, 1.165) is 0 Å². The summed E-state index contributed by atoms with van der Waals surface area (Å²) in [6, 6.07) is 0. The Kier molecular flexibility index (Phi) is 11.6. The summed E-state index contributed by atoms with van der Waals surface area (Å²) in [5, 5.41) is 0. The van der Waals surface area contributed by atoms with Gasteiger partial charge in [-0.15, -0.1) is 0 Å². The first kappa shape index (κ1) is 12.3. The van der Waals surface area contributed by atoms with Gasteiger partial charge < -0.3 is 0 Å². The highest BCUT2D eigenvalue weighted by Crippen LogP contribution is 2.06. The van der Waals surface area contributed by atoms with E-state index in [4.69, 9.17) is 0 Å². The molecule has 0 amide bonds. The first-order valence-corrected chi connectivity index (χ1v) is 6.40. The Hall–Kier alpha value is 0.310. The van der Waals surface area contributed by atoms with E-state index in [2.05, 4.69) is 17.9 Å². The summed E-state index contributed by atoms with van der Waals surface area (Å²) in [5.41, 5.74) is 0. The maximum atomic E-state index is 3.27. The third-order valence-corrected chi connectivity index (χ3v) is 2.52. The molecule has 0 unspecified atom stereocenters. The average molecular weight is 189 g/mol. The van der Waals surface area contributed by atoms with Gasteiger partial charge in [-0.2, -0.15) is 0 Å². The van der Waals surface area contributed by atoms with Gasteiger partial charge in [-0.25, -0.2) is 0 Å². The van der Waals surface area contributed by atoms with Crippen LogP contribution in [0, 0.1) is 0 Å². The van der Waals surface area contributed by atoms with Crippen molar-refractivity contribution in [3.8, 4) is 0 Å². The molecule has 0 aromatic heterocycles. The molecule has 0 spiro atoms. The quantitative estimate of drug-likeness (QED) is 0.439. The molecule has 0 heterocycles. The SMILES string of the molecule is CCCCCCCCCNSC. The lowest BCUT2D eigenvalue weighted by Gasteiger charge is -2.01. The lowest BCUT2D eigenvalue weighted by Crippen LogP contribution is -2.03. The molecule has 1 nitrogen and oxygen atoms in total. The lowest BCUT2D eigenvalue weighted by atomic mass is 10.1. The molecule has 0 aromatic rings. The van der Waals surface area contributed by atoms with E-state index < -0.39 is 0 Å². The minimum Gasteiger partial charge on any atom is -0.264 e. The van der Waals surface area contributed by atoms with Crippen LogP contribution in [0.3, 0.4) is 0 Å². The summed E-state index contributed by atoms with van der Waals surface area (Å²) in [6.45, 7) is 3.44. The van der Waals surface area contributed by atoms with Gasteiger partial charge in [0.25, 0.3) is 0 Å². The fraction of sp³-hybridized carbons (Fsp3) is 1.00. The van der Waals surface area contributed by atoms with Crippen LogP contribution in [-0.4, -0.2) is 12.8 Å². The highest BCUT2D eigenvalue weighted by atomic mass is 32.2. The van der Waals surface area contributed by atoms with E-state index in [-0.39, 0.29) is 0 Å². The predicted molar refractivity (Wildman–Crippen MR) is 59.5 cm³/mol. The van der Waals surface area contributed by atoms with Gasteiger partial charge in [0.2, 0.25) is 0 Å². The topological polar surface area (TPSA) is 12.0 Å². The zero-order valence-electron chi connectivity index (χ0n) is 8.57. The molecule has 0 aliphatic carbocycles. The lowest BCUT2D eigenvalue weighted by molar-refractivity contribution is 0.589. The largest absolute Gasteiger partial charge is 0.264 e. The summed E-state index contributed by atoms with van der Waals surface area (Å²) in [7, 11) is 0. The van der Waals surface area contributed by atoms with E-state index >= 15 is 0 Å². The van der Waals surface area contributed by atoms with Crippen LogP contribution in [0.1, 0.15) is 51.9 Å². The predicted octanol–water partition coefficient (Wildman–Crippen LogP) is 3.60. The first-order chi connectivity index (χ1) is 5.91. The summed E-state index contributed by atoms with van der Waals surface area (Å²) in [5.74, 6) is 0. The molecular formula is C10H23NS. The first-order valence-electron chi connectivity index (χ1n) is 5.17. The van der Waals surface area contributed by atoms with Crippen LogP contribution >= 0.6 is 11.9 Å². The molecular weight excluding hydrogens is 166 g/mol. The smallest absolute Gasteiger partial charge is 0.00584 e. The zero-order chi connectivity index (χ0) is 9.07. The molecule has 74 valence electrons. The second kappa shape index (κ2) is 11.3. The van der Waals surface area contributed by atoms with Gasteiger partial charge in [0.05, 0.1) is 0 Å². The number of hydrogen-bond donors (Lipinski definition) is 1. The molecule has 0 saturated carbocycles. The Morgan fingerprint density at radius 3 is 2.08 bits per heavy atom. The van der Waals surface area contributed by atoms with Crippen LogP contribution < -0.4 is 4.72 Å². The number of nitrogens with one attached hydrogen (secondary N) is 1. The Morgan fingerprint density at radius 2 is 1.50 bits per heavy atom. The second-order valence-corrected chi connectivity index (χ2v) is 3.92. The monoisotopic (exact) mass is 189 g/mol. The van der Waals surface area contributed by atoms with Crippen LogP contribution in [-0.2, 0) is 0 Å². The van der Waals surface area contributed by atoms with Crippen molar-refractivity contribution in [1.29, 1.82) is 0 Å². The van der Waals surface area contributed by atoms with E-state index in [1.165, 1.54) is 51.5 Å². The molecule has 0 bridgehead atoms. The fourth-order valence-electron chi connectivity index (χ4n) is 1.26. The summed E-state index contributed by atoms with van der Waals surface area (Å²) >= 11 is 1.72. The molecule has 0 fully saturated rings. The Bertz CT molecular complexity index is 66.2. The fourth-order valence-corrected chi connectivity index (χ4v) is 1.60. The number of hydrogen-bond acceptors (Lipinski definition) is 2. The van der Waals surface area contributed by atoms with Crippen molar-refractivity contribution in [2.45, 2.75) is 51.9 Å². The number of rotatable bonds is 9. The maximum absolute atomic E-state index is 3.27. The highest BCUT2D eigenvalue weighted by molar-refractivity contribution is 7.96. The normalized spacial score (nSPS) is 10.5. The maximum Gasteiger partial charge on any atom is 0.00584 e. The van der Waals surface area contributed by atoms with Crippen molar-refractivity contribution in [3.63, 3.8) is 0 Å². The molecule has 2 heteroatoms. The highest BCUT2D eigenvalue weighted by Gasteiger charge is 1.89. The van der Waals surface area contributed by atoms with Crippen molar-refractivity contribution in [3.05, 3.63) is 0 Å². The molecule has 0 aliphatic rings. The third kappa shape index (κ3) is 10.3. The minimum absolute atomic E-state index is 1.18. The summed E-state index contributed by atoms with van der Waals surface area (Å²) in [4.78, 5) is 0. The molecule has 0 aromatic carbocycles. The molecule has 0 aliphatic heterocycles. The van der Waals surface area contributed by atoms with Gasteiger partial charge >= 0.3 is 0 Å². The minimum atomic E-state index is 1.18. The molecule has 0 atom stereocenters. The van der Waals surface area contributed by atoms with Crippen molar-refractivity contribution < 1.29 is 0 Å². The molecule has 0 rings (SSSR count). The summed E-state index contributed by atoms with van der Waals surface area (Å²) < 4.78 is 3.27. The standard InChI is InChI=1S/C10H23NS/c1-3-4-5-6-7-8-9-10-11-12-2/h11H,3-10H2,1-2H3. The van der Waals surface area contributed by atoms with Crippen molar-refractivity contribution in [2.75, 3.05) is 12.8 Å². The molecule has 12 heavy (non-hydrogen) atoms. The van der Waals surface area contributed by atoms with Crippen molar-refractivity contribution in [1.82, 2.24) is 4.72 Å². The van der Waals surface area contributed by atoms with Gasteiger partial charge in [-0.05, 0) is 12.7 Å². The third-order valence-electron chi connectivity index (χ3n) is 2.03. The molecule has 0 saturated heterocycles. The van der Waals surface area contributed by atoms with Crippen LogP contribution in [0.15, 0.2) is 0 Å². The number of unbranched alkanes of at least 4 members (excludes halogenated alkanes) is 6. The average Bonchev–Trinajstić information content (AvgIpc) is 2.10. The van der Waals surface area contributed by atoms with Gasteiger partial charge in [0.15, 0.2) is 0 Å². The van der Waals surface area contributed by atoms with E-state index in [0.29, 0.717) is 0 Å². The van der Waals surface area contributed by atoms with Gasteiger partial charge in [0, 0.05) is 6.54 Å². The van der Waals surface area contributed by atoms with Crippen LogP contribution in [0.4, 0.5) is 0 Å². The van der Waals surface area contributed by atoms with E-state index in [1.807, 2.05) is 0 Å². The molecule has 0 radical (unpaired) electrons. The molecule has 1 N–H and O–H groups in total. The van der Waals surface area contributed by atoms with Crippen molar-refractivity contribution in [2.24, 2.45) is 0 Å². The van der Waals surface area contributed by atoms with E-state index in [9.17, 15) is 0 Å². The zero-order valence-corrected chi connectivity index (χ0v) is 9.38. The second-order valence-electron chi connectivity index (χ2n) is 3.22. The summed E-state index contributed by atoms with van der Waals surface area (Å²) in [6.07, 6.45) is 11.9. The Labute approximate surface area is 81.8 Å². The van der Waals surface area contributed by atoms with Gasteiger partial charge in [-0.3, -0.25) is 4.72 Å². The van der Waals surface area contributed by atoms with Crippen LogP contribution in [0.25, 0.3) is 0 Å². The van der Waals surface area contributed by atoms with Gasteiger partial charge in [-0.1, -0.05) is 57.4 Å². The van der Waals surface area contributed by atoms with E-state index in [1.54, 1.807) is 11.9 Å². The van der Waals surface area contributed by atoms with Crippen LogP contribution in [0.2, 0.25) is 0 Å². The van der Waals surface area contributed by atoms with Gasteiger partial charge in [0.1, 0.15) is 0 Å². The Balaban J connectivity index is 2.73. The van der Waals surface area contributed by atoms with Crippen molar-refractivity contribution >= 4 is 11.9 Å². The Morgan fingerprint density at radius 1 is 0.917 bits per heavy atom.